The number of hydrogen-bond donors (Lipinski definition) is 3. The van der Waals surface area contributed by atoms with Gasteiger partial charge in [-0.15, -0.1) is 0 Å². The number of nitrogens with zero attached hydrogens (tertiary/aromatic N) is 2. The molecular weight excluding hydrogens is 268 g/mol. The third-order valence-corrected chi connectivity index (χ3v) is 3.86. The van der Waals surface area contributed by atoms with E-state index in [2.05, 4.69) is 27.5 Å². The maximum absolute atomic E-state index is 9.73. The summed E-state index contributed by atoms with van der Waals surface area (Å²) >= 11 is 0. The second kappa shape index (κ2) is 8.02. The van der Waals surface area contributed by atoms with Gasteiger partial charge in [0.15, 0.2) is 11.6 Å². The fraction of sp³-hybridized carbons (Fsp3) is 0.733. The van der Waals surface area contributed by atoms with Crippen LogP contribution in [0.2, 0.25) is 0 Å². The Bertz CT molecular complexity index is 442. The van der Waals surface area contributed by atoms with Gasteiger partial charge in [-0.25, -0.2) is 9.97 Å². The zero-order chi connectivity index (χ0) is 15.1. The number of hydrogen-bond acceptors (Lipinski definition) is 6. The van der Waals surface area contributed by atoms with Crippen LogP contribution in [-0.2, 0) is 0 Å². The summed E-state index contributed by atoms with van der Waals surface area (Å²) in [4.78, 5) is 8.50. The molecule has 0 aliphatic heterocycles. The normalized spacial score (nSPS) is 21.9. The first-order chi connectivity index (χ1) is 10.2. The highest BCUT2D eigenvalue weighted by Gasteiger charge is 2.21. The highest BCUT2D eigenvalue weighted by molar-refractivity contribution is 5.63. The lowest BCUT2D eigenvalue weighted by Crippen LogP contribution is -2.25. The van der Waals surface area contributed by atoms with Crippen molar-refractivity contribution in [2.75, 3.05) is 30.8 Å². The first-order valence-electron chi connectivity index (χ1n) is 7.79. The summed E-state index contributed by atoms with van der Waals surface area (Å²) in [6, 6.07) is 0. The Morgan fingerprint density at radius 3 is 2.71 bits per heavy atom. The molecule has 1 fully saturated rings. The number of nitrogens with one attached hydrogen (secondary N) is 2. The van der Waals surface area contributed by atoms with Crippen LogP contribution < -0.4 is 15.4 Å². The molecule has 1 aliphatic carbocycles. The van der Waals surface area contributed by atoms with Gasteiger partial charge in [-0.1, -0.05) is 13.3 Å². The van der Waals surface area contributed by atoms with Crippen LogP contribution in [0.25, 0.3) is 0 Å². The molecule has 2 rings (SSSR count). The van der Waals surface area contributed by atoms with E-state index >= 15 is 0 Å². The van der Waals surface area contributed by atoms with Gasteiger partial charge in [0.25, 0.3) is 0 Å². The van der Waals surface area contributed by atoms with Crippen molar-refractivity contribution in [3.8, 4) is 5.75 Å². The molecule has 3 N–H and O–H groups in total. The Morgan fingerprint density at radius 1 is 1.29 bits per heavy atom. The van der Waals surface area contributed by atoms with E-state index in [0.717, 1.165) is 51.0 Å². The van der Waals surface area contributed by atoms with Crippen molar-refractivity contribution >= 4 is 11.6 Å². The third-order valence-electron chi connectivity index (χ3n) is 3.86. The number of rotatable bonds is 7. The number of methoxy groups -OCH3 is 1. The van der Waals surface area contributed by atoms with Gasteiger partial charge in [0.2, 0.25) is 5.75 Å². The van der Waals surface area contributed by atoms with E-state index in [4.69, 9.17) is 4.74 Å². The zero-order valence-corrected chi connectivity index (χ0v) is 12.9. The highest BCUT2D eigenvalue weighted by Crippen LogP contribution is 2.30. The molecule has 6 heteroatoms. The molecule has 0 bridgehead atoms. The predicted molar refractivity (Wildman–Crippen MR) is 83.8 cm³/mol. The monoisotopic (exact) mass is 294 g/mol. The van der Waals surface area contributed by atoms with Crippen LogP contribution >= 0.6 is 0 Å². The third kappa shape index (κ3) is 4.46. The molecular formula is C15H26N4O2. The predicted octanol–water partition coefficient (Wildman–Crippen LogP) is 2.27. The van der Waals surface area contributed by atoms with Crippen LogP contribution in [0.1, 0.15) is 39.0 Å². The van der Waals surface area contributed by atoms with E-state index in [9.17, 15) is 5.11 Å². The van der Waals surface area contributed by atoms with Crippen molar-refractivity contribution in [1.29, 1.82) is 0 Å². The fourth-order valence-electron chi connectivity index (χ4n) is 2.75. The van der Waals surface area contributed by atoms with Crippen molar-refractivity contribution in [1.82, 2.24) is 9.97 Å². The van der Waals surface area contributed by atoms with Gasteiger partial charge in [0, 0.05) is 13.1 Å². The summed E-state index contributed by atoms with van der Waals surface area (Å²) in [7, 11) is 1.63. The Balaban J connectivity index is 1.98. The number of aliphatic hydroxyl groups is 1. The largest absolute Gasteiger partial charge is 0.490 e. The highest BCUT2D eigenvalue weighted by atomic mass is 16.5. The van der Waals surface area contributed by atoms with Gasteiger partial charge in [0.05, 0.1) is 13.2 Å². The van der Waals surface area contributed by atoms with Crippen LogP contribution in [0, 0.1) is 5.92 Å². The summed E-state index contributed by atoms with van der Waals surface area (Å²) in [6.07, 6.45) is 6.45. The van der Waals surface area contributed by atoms with Gasteiger partial charge >= 0.3 is 0 Å². The number of anilines is 2. The molecule has 0 aromatic carbocycles. The van der Waals surface area contributed by atoms with E-state index in [-0.39, 0.29) is 6.10 Å². The Labute approximate surface area is 126 Å². The molecule has 118 valence electrons. The quantitative estimate of drug-likeness (QED) is 0.716. The number of ether oxygens (including phenoxy) is 1. The van der Waals surface area contributed by atoms with Crippen molar-refractivity contribution in [3.63, 3.8) is 0 Å². The summed E-state index contributed by atoms with van der Waals surface area (Å²) < 4.78 is 5.44. The van der Waals surface area contributed by atoms with Crippen LogP contribution in [0.3, 0.4) is 0 Å². The summed E-state index contributed by atoms with van der Waals surface area (Å²) in [5, 5.41) is 16.3. The smallest absolute Gasteiger partial charge is 0.204 e. The molecule has 21 heavy (non-hydrogen) atoms. The molecule has 2 unspecified atom stereocenters. The van der Waals surface area contributed by atoms with E-state index in [1.54, 1.807) is 13.4 Å². The summed E-state index contributed by atoms with van der Waals surface area (Å²) in [5.74, 6) is 2.58. The molecule has 0 radical (unpaired) electrons. The molecule has 1 aromatic rings. The van der Waals surface area contributed by atoms with Crippen LogP contribution in [0.5, 0.6) is 5.75 Å². The first kappa shape index (κ1) is 15.8. The van der Waals surface area contributed by atoms with Crippen LogP contribution in [-0.4, -0.2) is 41.4 Å². The average Bonchev–Trinajstić information content (AvgIpc) is 2.50. The molecule has 1 heterocycles. The van der Waals surface area contributed by atoms with Crippen molar-refractivity contribution in [2.24, 2.45) is 5.92 Å². The molecule has 1 aromatic heterocycles. The molecule has 0 saturated heterocycles. The molecule has 0 spiro atoms. The number of aromatic nitrogens is 2. The topological polar surface area (TPSA) is 79.3 Å². The zero-order valence-electron chi connectivity index (χ0n) is 12.9. The van der Waals surface area contributed by atoms with E-state index in [0.29, 0.717) is 17.5 Å². The van der Waals surface area contributed by atoms with Crippen molar-refractivity contribution in [3.05, 3.63) is 6.33 Å². The minimum absolute atomic E-state index is 0.153. The number of aliphatic hydroxyl groups excluding tert-OH is 1. The maximum atomic E-state index is 9.73. The fourth-order valence-corrected chi connectivity index (χ4v) is 2.75. The van der Waals surface area contributed by atoms with E-state index < -0.39 is 0 Å². The SMILES string of the molecule is CCCNc1ncnc(NCC2CCCC(O)C2)c1OC. The second-order valence-electron chi connectivity index (χ2n) is 5.60. The minimum Gasteiger partial charge on any atom is -0.490 e. The summed E-state index contributed by atoms with van der Waals surface area (Å²) in [6.45, 7) is 3.76. The first-order valence-corrected chi connectivity index (χ1v) is 7.79. The minimum atomic E-state index is -0.153. The molecule has 1 aliphatic rings. The molecule has 1 saturated carbocycles. The lowest BCUT2D eigenvalue weighted by Gasteiger charge is -2.26. The van der Waals surface area contributed by atoms with Gasteiger partial charge in [-0.3, -0.25) is 0 Å². The standard InChI is InChI=1S/C15H26N4O2/c1-3-7-16-14-13(21-2)15(19-10-18-14)17-9-11-5-4-6-12(20)8-11/h10-12,20H,3-9H2,1-2H3,(H2,16,17,18,19). The van der Waals surface area contributed by atoms with E-state index in [1.807, 2.05) is 0 Å². The lowest BCUT2D eigenvalue weighted by molar-refractivity contribution is 0.104. The second-order valence-corrected chi connectivity index (χ2v) is 5.60. The van der Waals surface area contributed by atoms with Gasteiger partial charge in [-0.05, 0) is 31.6 Å². The van der Waals surface area contributed by atoms with E-state index in [1.165, 1.54) is 0 Å². The van der Waals surface area contributed by atoms with Gasteiger partial charge < -0.3 is 20.5 Å². The Kier molecular flexibility index (Phi) is 6.04. The molecule has 0 amide bonds. The Morgan fingerprint density at radius 2 is 2.05 bits per heavy atom. The van der Waals surface area contributed by atoms with Gasteiger partial charge in [0.1, 0.15) is 6.33 Å². The molecule has 6 nitrogen and oxygen atoms in total. The average molecular weight is 294 g/mol. The van der Waals surface area contributed by atoms with Crippen LogP contribution in [0.15, 0.2) is 6.33 Å². The molecule has 2 atom stereocenters. The Hall–Kier alpha value is -1.56. The van der Waals surface area contributed by atoms with Crippen LogP contribution in [0.4, 0.5) is 11.6 Å². The van der Waals surface area contributed by atoms with Crippen molar-refractivity contribution < 1.29 is 9.84 Å². The lowest BCUT2D eigenvalue weighted by atomic mass is 9.87. The van der Waals surface area contributed by atoms with Gasteiger partial charge in [-0.2, -0.15) is 0 Å². The maximum Gasteiger partial charge on any atom is 0.204 e. The summed E-state index contributed by atoms with van der Waals surface area (Å²) in [5.41, 5.74) is 0. The van der Waals surface area contributed by atoms with Crippen molar-refractivity contribution in [2.45, 2.75) is 45.1 Å².